The standard InChI is InChI=1S/C24H21N3O/c1-26-17-21(20-14-8-9-15-22(20)26)23(27(25)19-12-6-3-7-13-19)16-24(28)18-10-4-2-5-11-18/h2-17H,25H2,1H3/b23-16-. The van der Waals surface area contributed by atoms with Crippen molar-refractivity contribution in [2.45, 2.75) is 0 Å². The Hall–Kier alpha value is -3.63. The number of rotatable bonds is 5. The number of hydrogen-bond donors (Lipinski definition) is 1. The zero-order chi connectivity index (χ0) is 19.5. The molecule has 0 saturated heterocycles. The van der Waals surface area contributed by atoms with Crippen molar-refractivity contribution >= 4 is 28.1 Å². The number of benzene rings is 3. The van der Waals surface area contributed by atoms with Crippen LogP contribution in [0.2, 0.25) is 0 Å². The summed E-state index contributed by atoms with van der Waals surface area (Å²) in [4.78, 5) is 12.9. The van der Waals surface area contributed by atoms with Gasteiger partial charge in [-0.2, -0.15) is 0 Å². The molecule has 0 atom stereocenters. The van der Waals surface area contributed by atoms with E-state index in [2.05, 4.69) is 6.07 Å². The number of fused-ring (bicyclic) bond motifs is 1. The molecule has 1 heterocycles. The van der Waals surface area contributed by atoms with Gasteiger partial charge in [0.05, 0.1) is 11.4 Å². The number of allylic oxidation sites excluding steroid dienone is 1. The maximum Gasteiger partial charge on any atom is 0.187 e. The van der Waals surface area contributed by atoms with Crippen molar-refractivity contribution < 1.29 is 4.79 Å². The summed E-state index contributed by atoms with van der Waals surface area (Å²) >= 11 is 0. The highest BCUT2D eigenvalue weighted by Crippen LogP contribution is 2.30. The summed E-state index contributed by atoms with van der Waals surface area (Å²) in [5.41, 5.74) is 4.08. The van der Waals surface area contributed by atoms with Gasteiger partial charge in [-0.15, -0.1) is 0 Å². The van der Waals surface area contributed by atoms with Crippen molar-refractivity contribution in [3.05, 3.63) is 108 Å². The molecule has 4 nitrogen and oxygen atoms in total. The van der Waals surface area contributed by atoms with Crippen molar-refractivity contribution in [3.8, 4) is 0 Å². The number of carbonyl (C=O) groups is 1. The van der Waals surface area contributed by atoms with Gasteiger partial charge in [-0.25, -0.2) is 5.84 Å². The number of nitrogens with zero attached hydrogens (tertiary/aromatic N) is 2. The predicted octanol–water partition coefficient (Wildman–Crippen LogP) is 4.78. The topological polar surface area (TPSA) is 51.3 Å². The molecule has 0 amide bonds. The van der Waals surface area contributed by atoms with E-state index < -0.39 is 0 Å². The lowest BCUT2D eigenvalue weighted by molar-refractivity contribution is 0.104. The number of aromatic nitrogens is 1. The fourth-order valence-electron chi connectivity index (χ4n) is 3.36. The minimum absolute atomic E-state index is 0.0880. The first-order chi connectivity index (χ1) is 13.6. The number of ketones is 1. The molecule has 1 aromatic heterocycles. The number of nitrogens with two attached hydrogens (primary N) is 1. The monoisotopic (exact) mass is 367 g/mol. The van der Waals surface area contributed by atoms with Crippen LogP contribution in [-0.4, -0.2) is 10.4 Å². The van der Waals surface area contributed by atoms with Crippen LogP contribution in [0.3, 0.4) is 0 Å². The fourth-order valence-corrected chi connectivity index (χ4v) is 3.36. The highest BCUT2D eigenvalue weighted by molar-refractivity contribution is 6.11. The second-order valence-electron chi connectivity index (χ2n) is 6.64. The molecule has 0 unspecified atom stereocenters. The van der Waals surface area contributed by atoms with Gasteiger partial charge in [-0.3, -0.25) is 9.80 Å². The lowest BCUT2D eigenvalue weighted by atomic mass is 10.1. The van der Waals surface area contributed by atoms with E-state index >= 15 is 0 Å². The molecule has 0 saturated carbocycles. The van der Waals surface area contributed by atoms with Crippen molar-refractivity contribution in [1.82, 2.24) is 4.57 Å². The minimum Gasteiger partial charge on any atom is -0.350 e. The Kier molecular flexibility index (Phi) is 4.79. The van der Waals surface area contributed by atoms with Gasteiger partial charge < -0.3 is 4.57 Å². The summed E-state index contributed by atoms with van der Waals surface area (Å²) in [5, 5.41) is 2.62. The summed E-state index contributed by atoms with van der Waals surface area (Å²) in [6.07, 6.45) is 3.63. The number of aryl methyl sites for hydroxylation is 1. The van der Waals surface area contributed by atoms with Gasteiger partial charge in [0.15, 0.2) is 5.78 Å². The Morgan fingerprint density at radius 1 is 0.893 bits per heavy atom. The van der Waals surface area contributed by atoms with Crippen LogP contribution in [0.4, 0.5) is 5.69 Å². The average Bonchev–Trinajstić information content (AvgIpc) is 3.09. The van der Waals surface area contributed by atoms with Crippen LogP contribution in [0.1, 0.15) is 15.9 Å². The molecule has 4 aromatic rings. The number of anilines is 1. The molecule has 0 aliphatic heterocycles. The first kappa shape index (κ1) is 17.8. The van der Waals surface area contributed by atoms with Crippen molar-refractivity contribution in [2.75, 3.05) is 5.01 Å². The molecule has 0 aliphatic rings. The molecule has 0 bridgehead atoms. The van der Waals surface area contributed by atoms with Crippen LogP contribution in [-0.2, 0) is 7.05 Å². The van der Waals surface area contributed by atoms with Gasteiger partial charge in [0, 0.05) is 41.4 Å². The molecule has 3 aromatic carbocycles. The fraction of sp³-hybridized carbons (Fsp3) is 0.0417. The smallest absolute Gasteiger partial charge is 0.187 e. The van der Waals surface area contributed by atoms with Crippen LogP contribution in [0, 0.1) is 0 Å². The van der Waals surface area contributed by atoms with Crippen molar-refractivity contribution in [2.24, 2.45) is 12.9 Å². The number of hydrogen-bond acceptors (Lipinski definition) is 3. The van der Waals surface area contributed by atoms with Gasteiger partial charge in [0.2, 0.25) is 0 Å². The molecule has 0 fully saturated rings. The number of carbonyl (C=O) groups excluding carboxylic acids is 1. The van der Waals surface area contributed by atoms with Crippen LogP contribution in [0.5, 0.6) is 0 Å². The summed E-state index contributed by atoms with van der Waals surface area (Å²) in [6, 6.07) is 27.0. The highest BCUT2D eigenvalue weighted by Gasteiger charge is 2.18. The van der Waals surface area contributed by atoms with Crippen LogP contribution < -0.4 is 10.9 Å². The molecular weight excluding hydrogens is 346 g/mol. The SMILES string of the molecule is Cn1cc(/C(=C/C(=O)c2ccccc2)N(N)c2ccccc2)c2ccccc21. The zero-order valence-electron chi connectivity index (χ0n) is 15.6. The van der Waals surface area contributed by atoms with Gasteiger partial charge in [0.1, 0.15) is 0 Å². The number of hydrazine groups is 1. The molecule has 4 rings (SSSR count). The normalized spacial score (nSPS) is 11.6. The van der Waals surface area contributed by atoms with E-state index in [0.29, 0.717) is 11.3 Å². The number of para-hydroxylation sites is 2. The lowest BCUT2D eigenvalue weighted by Gasteiger charge is -2.22. The molecule has 0 aliphatic carbocycles. The third-order valence-corrected chi connectivity index (χ3v) is 4.79. The highest BCUT2D eigenvalue weighted by atomic mass is 16.1. The lowest BCUT2D eigenvalue weighted by Crippen LogP contribution is -2.29. The summed E-state index contributed by atoms with van der Waals surface area (Å²) < 4.78 is 2.05. The van der Waals surface area contributed by atoms with E-state index in [0.717, 1.165) is 22.2 Å². The van der Waals surface area contributed by atoms with E-state index in [1.807, 2.05) is 96.7 Å². The summed E-state index contributed by atoms with van der Waals surface area (Å²) in [7, 11) is 1.99. The zero-order valence-corrected chi connectivity index (χ0v) is 15.6. The van der Waals surface area contributed by atoms with Gasteiger partial charge in [0.25, 0.3) is 0 Å². The Labute approximate surface area is 164 Å². The maximum absolute atomic E-state index is 12.9. The minimum atomic E-state index is -0.0880. The molecular formula is C24H21N3O. The maximum atomic E-state index is 12.9. The molecule has 0 spiro atoms. The molecule has 138 valence electrons. The first-order valence-electron chi connectivity index (χ1n) is 9.10. The average molecular weight is 367 g/mol. The summed E-state index contributed by atoms with van der Waals surface area (Å²) in [6.45, 7) is 0. The third kappa shape index (κ3) is 3.33. The molecule has 2 N–H and O–H groups in total. The Morgan fingerprint density at radius 3 is 2.21 bits per heavy atom. The molecule has 28 heavy (non-hydrogen) atoms. The molecule has 0 radical (unpaired) electrons. The van der Waals surface area contributed by atoms with E-state index in [4.69, 9.17) is 5.84 Å². The second kappa shape index (κ2) is 7.55. The van der Waals surface area contributed by atoms with E-state index in [9.17, 15) is 4.79 Å². The van der Waals surface area contributed by atoms with E-state index in [-0.39, 0.29) is 5.78 Å². The van der Waals surface area contributed by atoms with Crippen LogP contribution >= 0.6 is 0 Å². The van der Waals surface area contributed by atoms with Gasteiger partial charge in [-0.1, -0.05) is 66.7 Å². The van der Waals surface area contributed by atoms with Crippen molar-refractivity contribution in [1.29, 1.82) is 0 Å². The van der Waals surface area contributed by atoms with Crippen LogP contribution in [0.15, 0.2) is 97.2 Å². The van der Waals surface area contributed by atoms with Crippen molar-refractivity contribution in [3.63, 3.8) is 0 Å². The van der Waals surface area contributed by atoms with E-state index in [1.54, 1.807) is 11.1 Å². The predicted molar refractivity (Wildman–Crippen MR) is 115 cm³/mol. The quantitative estimate of drug-likeness (QED) is 0.239. The summed E-state index contributed by atoms with van der Waals surface area (Å²) in [5.74, 6) is 6.41. The van der Waals surface area contributed by atoms with Gasteiger partial charge in [-0.05, 0) is 18.2 Å². The second-order valence-corrected chi connectivity index (χ2v) is 6.64. The van der Waals surface area contributed by atoms with Crippen LogP contribution in [0.25, 0.3) is 16.6 Å². The Morgan fingerprint density at radius 2 is 1.50 bits per heavy atom. The first-order valence-corrected chi connectivity index (χ1v) is 9.10. The largest absolute Gasteiger partial charge is 0.350 e. The van der Waals surface area contributed by atoms with E-state index in [1.165, 1.54) is 0 Å². The Bertz CT molecular complexity index is 1140. The molecule has 4 heteroatoms. The van der Waals surface area contributed by atoms with Gasteiger partial charge >= 0.3 is 0 Å². The third-order valence-electron chi connectivity index (χ3n) is 4.79. The Balaban J connectivity index is 1.88.